The number of hydrogen-bond donors (Lipinski definition) is 3. The predicted octanol–water partition coefficient (Wildman–Crippen LogP) is 2.31. The minimum atomic E-state index is -0.230. The van der Waals surface area contributed by atoms with E-state index in [-0.39, 0.29) is 29.9 Å². The van der Waals surface area contributed by atoms with Crippen LogP contribution in [0.5, 0.6) is 0 Å². The van der Waals surface area contributed by atoms with Gasteiger partial charge in [-0.3, -0.25) is 9.59 Å². The van der Waals surface area contributed by atoms with E-state index in [1.807, 2.05) is 0 Å². The van der Waals surface area contributed by atoms with E-state index >= 15 is 0 Å². The Morgan fingerprint density at radius 3 is 2.52 bits per heavy atom. The first-order valence-corrected chi connectivity index (χ1v) is 8.43. The SMILES string of the molecule is CC1CC1C(=O)Nc1cccc(C(=O)NC2CCC(O)CC2)c1. The Bertz CT molecular complexity index is 594. The number of benzene rings is 1. The molecule has 2 fully saturated rings. The van der Waals surface area contributed by atoms with E-state index < -0.39 is 0 Å². The standard InChI is InChI=1S/C18H24N2O3/c1-11-9-16(11)18(23)20-14-4-2-3-12(10-14)17(22)19-13-5-7-15(21)8-6-13/h2-4,10-11,13,15-16,21H,5-9H2,1H3,(H,19,22)(H,20,23). The van der Waals surface area contributed by atoms with Crippen molar-refractivity contribution in [2.24, 2.45) is 11.8 Å². The minimum Gasteiger partial charge on any atom is -0.393 e. The Balaban J connectivity index is 1.58. The van der Waals surface area contributed by atoms with Crippen LogP contribution in [0.2, 0.25) is 0 Å². The molecule has 3 rings (SSSR count). The number of rotatable bonds is 4. The van der Waals surface area contributed by atoms with Gasteiger partial charge in [-0.25, -0.2) is 0 Å². The number of aliphatic hydroxyl groups is 1. The summed E-state index contributed by atoms with van der Waals surface area (Å²) in [4.78, 5) is 24.3. The predicted molar refractivity (Wildman–Crippen MR) is 88.1 cm³/mol. The van der Waals surface area contributed by atoms with Gasteiger partial charge in [-0.2, -0.15) is 0 Å². The Kier molecular flexibility index (Phi) is 4.66. The zero-order valence-corrected chi connectivity index (χ0v) is 13.4. The second kappa shape index (κ2) is 6.71. The molecule has 2 amide bonds. The number of carbonyl (C=O) groups excluding carboxylic acids is 2. The number of amides is 2. The summed E-state index contributed by atoms with van der Waals surface area (Å²) in [6, 6.07) is 7.18. The molecule has 0 spiro atoms. The molecule has 0 radical (unpaired) electrons. The summed E-state index contributed by atoms with van der Waals surface area (Å²) in [5.41, 5.74) is 1.22. The van der Waals surface area contributed by atoms with E-state index in [4.69, 9.17) is 0 Å². The van der Waals surface area contributed by atoms with Gasteiger partial charge in [0.05, 0.1) is 6.10 Å². The average molecular weight is 316 g/mol. The van der Waals surface area contributed by atoms with Gasteiger partial charge in [0, 0.05) is 23.2 Å². The van der Waals surface area contributed by atoms with Crippen LogP contribution in [0, 0.1) is 11.8 Å². The van der Waals surface area contributed by atoms with Crippen LogP contribution >= 0.6 is 0 Å². The molecule has 2 saturated carbocycles. The summed E-state index contributed by atoms with van der Waals surface area (Å²) in [5.74, 6) is 0.489. The molecule has 5 nitrogen and oxygen atoms in total. The first kappa shape index (κ1) is 16.0. The Morgan fingerprint density at radius 2 is 1.87 bits per heavy atom. The van der Waals surface area contributed by atoms with Crippen LogP contribution in [0.3, 0.4) is 0 Å². The average Bonchev–Trinajstić information content (AvgIpc) is 3.27. The molecule has 0 heterocycles. The van der Waals surface area contributed by atoms with Gasteiger partial charge in [-0.1, -0.05) is 13.0 Å². The van der Waals surface area contributed by atoms with Crippen molar-refractivity contribution in [2.45, 2.75) is 51.2 Å². The molecule has 0 aromatic heterocycles. The van der Waals surface area contributed by atoms with Gasteiger partial charge in [-0.05, 0) is 56.2 Å². The molecule has 23 heavy (non-hydrogen) atoms. The van der Waals surface area contributed by atoms with Gasteiger partial charge in [0.15, 0.2) is 0 Å². The molecule has 124 valence electrons. The molecule has 0 saturated heterocycles. The number of hydrogen-bond acceptors (Lipinski definition) is 3. The van der Waals surface area contributed by atoms with Crippen molar-refractivity contribution in [3.05, 3.63) is 29.8 Å². The number of anilines is 1. The largest absolute Gasteiger partial charge is 0.393 e. The van der Waals surface area contributed by atoms with Crippen LogP contribution < -0.4 is 10.6 Å². The molecular formula is C18H24N2O3. The van der Waals surface area contributed by atoms with E-state index in [0.717, 1.165) is 32.1 Å². The third-order valence-electron chi connectivity index (χ3n) is 4.87. The maximum Gasteiger partial charge on any atom is 0.251 e. The van der Waals surface area contributed by atoms with Gasteiger partial charge in [0.2, 0.25) is 5.91 Å². The van der Waals surface area contributed by atoms with Crippen molar-refractivity contribution in [1.29, 1.82) is 0 Å². The van der Waals surface area contributed by atoms with Gasteiger partial charge >= 0.3 is 0 Å². The fourth-order valence-corrected chi connectivity index (χ4v) is 3.15. The third kappa shape index (κ3) is 4.10. The van der Waals surface area contributed by atoms with Gasteiger partial charge < -0.3 is 15.7 Å². The first-order valence-electron chi connectivity index (χ1n) is 8.43. The summed E-state index contributed by atoms with van der Waals surface area (Å²) < 4.78 is 0. The van der Waals surface area contributed by atoms with Crippen molar-refractivity contribution >= 4 is 17.5 Å². The Labute approximate surface area is 136 Å². The zero-order valence-electron chi connectivity index (χ0n) is 13.4. The smallest absolute Gasteiger partial charge is 0.251 e. The van der Waals surface area contributed by atoms with Crippen molar-refractivity contribution in [2.75, 3.05) is 5.32 Å². The molecule has 1 aromatic carbocycles. The normalized spacial score (nSPS) is 29.7. The van der Waals surface area contributed by atoms with Gasteiger partial charge in [-0.15, -0.1) is 0 Å². The monoisotopic (exact) mass is 316 g/mol. The van der Waals surface area contributed by atoms with Crippen molar-refractivity contribution < 1.29 is 14.7 Å². The van der Waals surface area contributed by atoms with Crippen LogP contribution in [-0.2, 0) is 4.79 Å². The first-order chi connectivity index (χ1) is 11.0. The van der Waals surface area contributed by atoms with Crippen molar-refractivity contribution in [3.8, 4) is 0 Å². The lowest BCUT2D eigenvalue weighted by Gasteiger charge is -2.26. The van der Waals surface area contributed by atoms with Gasteiger partial charge in [0.25, 0.3) is 5.91 Å². The van der Waals surface area contributed by atoms with E-state index in [2.05, 4.69) is 17.6 Å². The van der Waals surface area contributed by atoms with Crippen molar-refractivity contribution in [1.82, 2.24) is 5.32 Å². The Hall–Kier alpha value is -1.88. The molecule has 2 atom stereocenters. The quantitative estimate of drug-likeness (QED) is 0.797. The zero-order chi connectivity index (χ0) is 16.4. The minimum absolute atomic E-state index is 0.0383. The fraction of sp³-hybridized carbons (Fsp3) is 0.556. The molecule has 1 aromatic rings. The van der Waals surface area contributed by atoms with Crippen molar-refractivity contribution in [3.63, 3.8) is 0 Å². The molecular weight excluding hydrogens is 292 g/mol. The van der Waals surface area contributed by atoms with Gasteiger partial charge in [0.1, 0.15) is 0 Å². The summed E-state index contributed by atoms with van der Waals surface area (Å²) in [6.45, 7) is 2.06. The molecule has 2 aliphatic rings. The number of carbonyl (C=O) groups is 2. The lowest BCUT2D eigenvalue weighted by molar-refractivity contribution is -0.117. The highest BCUT2D eigenvalue weighted by molar-refractivity contribution is 5.98. The van der Waals surface area contributed by atoms with Crippen LogP contribution in [0.15, 0.2) is 24.3 Å². The molecule has 0 aliphatic heterocycles. The van der Waals surface area contributed by atoms with E-state index in [1.54, 1.807) is 24.3 Å². The van der Waals surface area contributed by atoms with Crippen LogP contribution in [0.25, 0.3) is 0 Å². The van der Waals surface area contributed by atoms with Crippen LogP contribution in [0.4, 0.5) is 5.69 Å². The summed E-state index contributed by atoms with van der Waals surface area (Å²) in [5, 5.41) is 15.4. The highest BCUT2D eigenvalue weighted by Crippen LogP contribution is 2.38. The lowest BCUT2D eigenvalue weighted by Crippen LogP contribution is -2.38. The Morgan fingerprint density at radius 1 is 1.17 bits per heavy atom. The second-order valence-electron chi connectivity index (χ2n) is 6.87. The maximum absolute atomic E-state index is 12.3. The van der Waals surface area contributed by atoms with Crippen LogP contribution in [-0.4, -0.2) is 29.1 Å². The highest BCUT2D eigenvalue weighted by Gasteiger charge is 2.39. The summed E-state index contributed by atoms with van der Waals surface area (Å²) >= 11 is 0. The fourth-order valence-electron chi connectivity index (χ4n) is 3.15. The van der Waals surface area contributed by atoms with E-state index in [0.29, 0.717) is 17.2 Å². The number of aliphatic hydroxyl groups excluding tert-OH is 1. The summed E-state index contributed by atoms with van der Waals surface area (Å²) in [6.07, 6.45) is 3.80. The lowest BCUT2D eigenvalue weighted by atomic mass is 9.93. The highest BCUT2D eigenvalue weighted by atomic mass is 16.3. The second-order valence-corrected chi connectivity index (χ2v) is 6.87. The molecule has 0 bridgehead atoms. The molecule has 5 heteroatoms. The molecule has 3 N–H and O–H groups in total. The summed E-state index contributed by atoms with van der Waals surface area (Å²) in [7, 11) is 0. The van der Waals surface area contributed by atoms with E-state index in [9.17, 15) is 14.7 Å². The third-order valence-corrected chi connectivity index (χ3v) is 4.87. The van der Waals surface area contributed by atoms with Crippen LogP contribution in [0.1, 0.15) is 49.4 Å². The number of nitrogens with one attached hydrogen (secondary N) is 2. The maximum atomic E-state index is 12.3. The van der Waals surface area contributed by atoms with E-state index in [1.165, 1.54) is 0 Å². The topological polar surface area (TPSA) is 78.4 Å². The molecule has 2 aliphatic carbocycles. The molecule has 2 unspecified atom stereocenters.